The van der Waals surface area contributed by atoms with Gasteiger partial charge in [0.25, 0.3) is 0 Å². The molecule has 1 saturated heterocycles. The van der Waals surface area contributed by atoms with Crippen LogP contribution in [0.1, 0.15) is 51.0 Å². The second-order valence-corrected chi connectivity index (χ2v) is 6.79. The van der Waals surface area contributed by atoms with Crippen molar-refractivity contribution in [3.63, 3.8) is 0 Å². The van der Waals surface area contributed by atoms with Gasteiger partial charge in [-0.05, 0) is 49.1 Å². The Morgan fingerprint density at radius 1 is 1.05 bits per heavy atom. The van der Waals surface area contributed by atoms with Crippen molar-refractivity contribution in [2.45, 2.75) is 51.5 Å². The molecule has 104 valence electrons. The number of hydrogen-bond acceptors (Lipinski definition) is 1. The molecule has 0 unspecified atom stereocenters. The number of rotatable bonds is 3. The lowest BCUT2D eigenvalue weighted by atomic mass is 9.74. The first kappa shape index (κ1) is 13.2. The third kappa shape index (κ3) is 2.72. The zero-order valence-corrected chi connectivity index (χ0v) is 12.4. The van der Waals surface area contributed by atoms with Gasteiger partial charge in [-0.15, -0.1) is 0 Å². The molecule has 1 heteroatoms. The van der Waals surface area contributed by atoms with Crippen molar-refractivity contribution in [1.29, 1.82) is 0 Å². The van der Waals surface area contributed by atoms with Crippen molar-refractivity contribution in [2.24, 2.45) is 11.8 Å². The second-order valence-electron chi connectivity index (χ2n) is 6.79. The molecule has 0 amide bonds. The predicted octanol–water partition coefficient (Wildman–Crippen LogP) is 4.30. The van der Waals surface area contributed by atoms with Gasteiger partial charge in [-0.3, -0.25) is 0 Å². The van der Waals surface area contributed by atoms with Crippen LogP contribution in [0.15, 0.2) is 30.3 Å². The lowest BCUT2D eigenvalue weighted by molar-refractivity contribution is 0.0508. The third-order valence-corrected chi connectivity index (χ3v) is 5.36. The number of benzene rings is 1. The molecule has 0 spiro atoms. The number of hydrogen-bond donors (Lipinski definition) is 0. The fourth-order valence-corrected chi connectivity index (χ4v) is 3.88. The Kier molecular flexibility index (Phi) is 3.93. The van der Waals surface area contributed by atoms with Gasteiger partial charge < -0.3 is 4.90 Å². The minimum Gasteiger partial charge on any atom is -0.300 e. The minimum absolute atomic E-state index is 0.775. The molecule has 1 nitrogen and oxygen atoms in total. The van der Waals surface area contributed by atoms with Crippen molar-refractivity contribution in [3.05, 3.63) is 35.9 Å². The summed E-state index contributed by atoms with van der Waals surface area (Å²) in [7, 11) is 0. The minimum atomic E-state index is 0.775. The molecule has 0 radical (unpaired) electrons. The van der Waals surface area contributed by atoms with Crippen LogP contribution < -0.4 is 0 Å². The van der Waals surface area contributed by atoms with Crippen LogP contribution in [0.3, 0.4) is 0 Å². The molecule has 1 aromatic rings. The van der Waals surface area contributed by atoms with E-state index in [2.05, 4.69) is 49.1 Å². The molecule has 0 N–H and O–H groups in total. The topological polar surface area (TPSA) is 3.24 Å². The fraction of sp³-hybridized carbons (Fsp3) is 0.667. The Balaban J connectivity index is 1.74. The summed E-state index contributed by atoms with van der Waals surface area (Å²) in [6, 6.07) is 12.1. The van der Waals surface area contributed by atoms with E-state index in [1.54, 1.807) is 5.56 Å². The van der Waals surface area contributed by atoms with Gasteiger partial charge >= 0.3 is 0 Å². The molecule has 0 aromatic heterocycles. The highest BCUT2D eigenvalue weighted by Crippen LogP contribution is 2.39. The van der Waals surface area contributed by atoms with Gasteiger partial charge in [0, 0.05) is 12.6 Å². The van der Waals surface area contributed by atoms with Crippen LogP contribution in [0, 0.1) is 11.8 Å². The Hall–Kier alpha value is -0.820. The summed E-state index contributed by atoms with van der Waals surface area (Å²) in [5.41, 5.74) is 1.56. The van der Waals surface area contributed by atoms with Crippen molar-refractivity contribution in [1.82, 2.24) is 4.90 Å². The summed E-state index contributed by atoms with van der Waals surface area (Å²) >= 11 is 0. The summed E-state index contributed by atoms with van der Waals surface area (Å²) in [6.45, 7) is 7.45. The summed E-state index contributed by atoms with van der Waals surface area (Å²) < 4.78 is 0. The molecule has 1 heterocycles. The highest BCUT2D eigenvalue weighted by atomic mass is 15.2. The van der Waals surface area contributed by atoms with E-state index in [9.17, 15) is 0 Å². The first-order valence-electron chi connectivity index (χ1n) is 8.04. The van der Waals surface area contributed by atoms with E-state index in [0.717, 1.165) is 23.8 Å². The van der Waals surface area contributed by atoms with Crippen LogP contribution in [-0.2, 0) is 0 Å². The van der Waals surface area contributed by atoms with Crippen LogP contribution in [0.2, 0.25) is 0 Å². The van der Waals surface area contributed by atoms with Gasteiger partial charge in [0.1, 0.15) is 0 Å². The standard InChI is InChI=1S/C18H27N/c1-14(2)18-13-19(16-9-6-10-16)12-11-17(18)15-7-4-3-5-8-15/h3-5,7-8,14,16-18H,6,9-13H2,1-2H3/t17-,18-/m1/s1. The van der Waals surface area contributed by atoms with E-state index < -0.39 is 0 Å². The number of piperidine rings is 1. The van der Waals surface area contributed by atoms with Crippen LogP contribution >= 0.6 is 0 Å². The summed E-state index contributed by atoms with van der Waals surface area (Å²) in [6.07, 6.45) is 5.70. The van der Waals surface area contributed by atoms with Crippen molar-refractivity contribution < 1.29 is 0 Å². The summed E-state index contributed by atoms with van der Waals surface area (Å²) in [4.78, 5) is 2.79. The molecule has 2 atom stereocenters. The van der Waals surface area contributed by atoms with Crippen LogP contribution in [0.25, 0.3) is 0 Å². The van der Waals surface area contributed by atoms with Crippen LogP contribution in [0.5, 0.6) is 0 Å². The molecule has 3 rings (SSSR count). The van der Waals surface area contributed by atoms with Crippen LogP contribution in [0.4, 0.5) is 0 Å². The Morgan fingerprint density at radius 2 is 1.79 bits per heavy atom. The van der Waals surface area contributed by atoms with E-state index in [0.29, 0.717) is 0 Å². The normalized spacial score (nSPS) is 29.4. The molecule has 0 bridgehead atoms. The number of nitrogens with zero attached hydrogens (tertiary/aromatic N) is 1. The van der Waals surface area contributed by atoms with E-state index >= 15 is 0 Å². The van der Waals surface area contributed by atoms with Gasteiger partial charge in [-0.2, -0.15) is 0 Å². The van der Waals surface area contributed by atoms with Gasteiger partial charge in [0.15, 0.2) is 0 Å². The molecular formula is C18H27N. The first-order chi connectivity index (χ1) is 9.25. The molecule has 1 aliphatic carbocycles. The highest BCUT2D eigenvalue weighted by molar-refractivity contribution is 5.21. The maximum absolute atomic E-state index is 2.79. The van der Waals surface area contributed by atoms with Gasteiger partial charge in [0.2, 0.25) is 0 Å². The molecular weight excluding hydrogens is 230 g/mol. The Labute approximate surface area is 118 Å². The quantitative estimate of drug-likeness (QED) is 0.780. The molecule has 2 aliphatic rings. The van der Waals surface area contributed by atoms with Gasteiger partial charge in [0.05, 0.1) is 0 Å². The number of likely N-dealkylation sites (tertiary alicyclic amines) is 1. The van der Waals surface area contributed by atoms with E-state index in [-0.39, 0.29) is 0 Å². The second kappa shape index (κ2) is 5.66. The zero-order chi connectivity index (χ0) is 13.2. The largest absolute Gasteiger partial charge is 0.300 e. The van der Waals surface area contributed by atoms with E-state index in [1.807, 2.05) is 0 Å². The molecule has 1 aliphatic heterocycles. The molecule has 2 fully saturated rings. The zero-order valence-electron chi connectivity index (χ0n) is 12.4. The van der Waals surface area contributed by atoms with Crippen molar-refractivity contribution in [3.8, 4) is 0 Å². The van der Waals surface area contributed by atoms with Crippen molar-refractivity contribution >= 4 is 0 Å². The monoisotopic (exact) mass is 257 g/mol. The maximum Gasteiger partial charge on any atom is 0.00954 e. The molecule has 1 aromatic carbocycles. The van der Waals surface area contributed by atoms with Gasteiger partial charge in [-0.1, -0.05) is 50.6 Å². The molecule has 19 heavy (non-hydrogen) atoms. The average Bonchev–Trinajstić information content (AvgIpc) is 2.37. The third-order valence-electron chi connectivity index (χ3n) is 5.36. The first-order valence-corrected chi connectivity index (χ1v) is 8.04. The maximum atomic E-state index is 2.79. The van der Waals surface area contributed by atoms with E-state index in [4.69, 9.17) is 0 Å². The predicted molar refractivity (Wildman–Crippen MR) is 81.3 cm³/mol. The van der Waals surface area contributed by atoms with Gasteiger partial charge in [-0.25, -0.2) is 0 Å². The Morgan fingerprint density at radius 3 is 2.37 bits per heavy atom. The van der Waals surface area contributed by atoms with Crippen molar-refractivity contribution in [2.75, 3.05) is 13.1 Å². The summed E-state index contributed by atoms with van der Waals surface area (Å²) in [5.74, 6) is 2.39. The smallest absolute Gasteiger partial charge is 0.00954 e. The lowest BCUT2D eigenvalue weighted by Crippen LogP contribution is -2.49. The average molecular weight is 257 g/mol. The Bertz CT molecular complexity index is 393. The lowest BCUT2D eigenvalue weighted by Gasteiger charge is -2.46. The highest BCUT2D eigenvalue weighted by Gasteiger charge is 2.36. The van der Waals surface area contributed by atoms with E-state index in [1.165, 1.54) is 38.8 Å². The molecule has 1 saturated carbocycles. The van der Waals surface area contributed by atoms with Crippen LogP contribution in [-0.4, -0.2) is 24.0 Å². The SMILES string of the molecule is CC(C)[C@H]1CN(C2CCC2)CC[C@@H]1c1ccccc1. The summed E-state index contributed by atoms with van der Waals surface area (Å²) in [5, 5.41) is 0. The fourth-order valence-electron chi connectivity index (χ4n) is 3.88.